The lowest BCUT2D eigenvalue weighted by Crippen LogP contribution is -2.52. The molecule has 5 nitrogen and oxygen atoms in total. The van der Waals surface area contributed by atoms with Crippen molar-refractivity contribution in [2.75, 3.05) is 0 Å². The van der Waals surface area contributed by atoms with Gasteiger partial charge < -0.3 is 15.8 Å². The second-order valence-corrected chi connectivity index (χ2v) is 7.42. The molecule has 0 spiro atoms. The van der Waals surface area contributed by atoms with E-state index in [0.29, 0.717) is 6.42 Å². The van der Waals surface area contributed by atoms with Gasteiger partial charge >= 0.3 is 5.97 Å². The van der Waals surface area contributed by atoms with Gasteiger partial charge in [0.15, 0.2) is 0 Å². The predicted molar refractivity (Wildman–Crippen MR) is 108 cm³/mol. The van der Waals surface area contributed by atoms with Crippen molar-refractivity contribution in [2.24, 2.45) is 11.7 Å². The third kappa shape index (κ3) is 5.67. The SMILES string of the molecule is N[C@H](Cc1ccccc1)C(=O)N[C@@H](C(=O)OCc1ccccc1)C1CCCC1. The van der Waals surface area contributed by atoms with Crippen LogP contribution in [0, 0.1) is 5.92 Å². The third-order valence-corrected chi connectivity index (χ3v) is 5.28. The first-order valence-electron chi connectivity index (χ1n) is 9.94. The van der Waals surface area contributed by atoms with Gasteiger partial charge in [-0.3, -0.25) is 4.79 Å². The Balaban J connectivity index is 1.60. The van der Waals surface area contributed by atoms with E-state index in [0.717, 1.165) is 36.8 Å². The summed E-state index contributed by atoms with van der Waals surface area (Å²) in [7, 11) is 0. The molecule has 1 fully saturated rings. The van der Waals surface area contributed by atoms with Crippen molar-refractivity contribution in [3.63, 3.8) is 0 Å². The molecule has 0 unspecified atom stereocenters. The lowest BCUT2D eigenvalue weighted by molar-refractivity contribution is -0.151. The second kappa shape index (κ2) is 10.0. The standard InChI is InChI=1S/C23H28N2O3/c24-20(15-17-9-3-1-4-10-17)22(26)25-21(19-13-7-8-14-19)23(27)28-16-18-11-5-2-6-12-18/h1-6,9-12,19-21H,7-8,13-16,24H2,(H,25,26)/t20-,21-/m1/s1. The minimum absolute atomic E-state index is 0.108. The molecule has 2 atom stereocenters. The van der Waals surface area contributed by atoms with Gasteiger partial charge in [0, 0.05) is 0 Å². The third-order valence-electron chi connectivity index (χ3n) is 5.28. The van der Waals surface area contributed by atoms with E-state index in [1.165, 1.54) is 0 Å². The van der Waals surface area contributed by atoms with E-state index in [1.54, 1.807) is 0 Å². The summed E-state index contributed by atoms with van der Waals surface area (Å²) in [5.74, 6) is -0.579. The maximum Gasteiger partial charge on any atom is 0.329 e. The summed E-state index contributed by atoms with van der Waals surface area (Å²) in [6.45, 7) is 0.203. The molecule has 1 saturated carbocycles. The normalized spacial score (nSPS) is 16.3. The molecule has 3 N–H and O–H groups in total. The number of benzene rings is 2. The van der Waals surface area contributed by atoms with Crippen LogP contribution < -0.4 is 11.1 Å². The topological polar surface area (TPSA) is 81.4 Å². The van der Waals surface area contributed by atoms with Crippen molar-refractivity contribution < 1.29 is 14.3 Å². The first-order valence-corrected chi connectivity index (χ1v) is 9.94. The molecule has 28 heavy (non-hydrogen) atoms. The molecule has 3 rings (SSSR count). The zero-order valence-electron chi connectivity index (χ0n) is 16.1. The number of carbonyl (C=O) groups is 2. The summed E-state index contributed by atoms with van der Waals surface area (Å²) in [5.41, 5.74) is 8.02. The highest BCUT2D eigenvalue weighted by molar-refractivity contribution is 5.87. The van der Waals surface area contributed by atoms with Crippen LogP contribution in [0.15, 0.2) is 60.7 Å². The first-order chi connectivity index (χ1) is 13.6. The molecule has 1 aliphatic carbocycles. The maximum absolute atomic E-state index is 12.7. The molecule has 2 aromatic carbocycles. The van der Waals surface area contributed by atoms with Crippen LogP contribution in [0.4, 0.5) is 0 Å². The zero-order valence-corrected chi connectivity index (χ0v) is 16.1. The van der Waals surface area contributed by atoms with Gasteiger partial charge in [-0.05, 0) is 36.3 Å². The molecule has 1 aliphatic rings. The van der Waals surface area contributed by atoms with Crippen molar-refractivity contribution in [1.82, 2.24) is 5.32 Å². The minimum atomic E-state index is -0.701. The van der Waals surface area contributed by atoms with Gasteiger partial charge in [0.1, 0.15) is 12.6 Å². The number of carbonyl (C=O) groups excluding carboxylic acids is 2. The van der Waals surface area contributed by atoms with Crippen LogP contribution >= 0.6 is 0 Å². The Kier molecular flexibility index (Phi) is 7.20. The van der Waals surface area contributed by atoms with Crippen molar-refractivity contribution >= 4 is 11.9 Å². The summed E-state index contributed by atoms with van der Waals surface area (Å²) in [6, 6.07) is 17.8. The van der Waals surface area contributed by atoms with Gasteiger partial charge in [-0.15, -0.1) is 0 Å². The van der Waals surface area contributed by atoms with Crippen LogP contribution in [-0.4, -0.2) is 24.0 Å². The smallest absolute Gasteiger partial charge is 0.329 e. The van der Waals surface area contributed by atoms with Crippen LogP contribution in [0.5, 0.6) is 0 Å². The highest BCUT2D eigenvalue weighted by Crippen LogP contribution is 2.28. The van der Waals surface area contributed by atoms with E-state index >= 15 is 0 Å². The minimum Gasteiger partial charge on any atom is -0.459 e. The van der Waals surface area contributed by atoms with Gasteiger partial charge in [-0.1, -0.05) is 73.5 Å². The van der Waals surface area contributed by atoms with Crippen LogP contribution in [0.1, 0.15) is 36.8 Å². The maximum atomic E-state index is 12.7. The number of nitrogens with one attached hydrogen (secondary N) is 1. The highest BCUT2D eigenvalue weighted by atomic mass is 16.5. The van der Waals surface area contributed by atoms with Crippen molar-refractivity contribution in [3.05, 3.63) is 71.8 Å². The Morgan fingerprint density at radius 3 is 2.14 bits per heavy atom. The lowest BCUT2D eigenvalue weighted by Gasteiger charge is -2.24. The van der Waals surface area contributed by atoms with Crippen molar-refractivity contribution in [1.29, 1.82) is 0 Å². The number of hydrogen-bond donors (Lipinski definition) is 2. The van der Waals surface area contributed by atoms with E-state index in [2.05, 4.69) is 5.32 Å². The monoisotopic (exact) mass is 380 g/mol. The fourth-order valence-electron chi connectivity index (χ4n) is 3.70. The molecule has 0 heterocycles. The molecule has 0 aromatic heterocycles. The van der Waals surface area contributed by atoms with E-state index < -0.39 is 12.1 Å². The van der Waals surface area contributed by atoms with Gasteiger partial charge in [0.2, 0.25) is 5.91 Å². The van der Waals surface area contributed by atoms with Crippen molar-refractivity contribution in [2.45, 2.75) is 50.8 Å². The highest BCUT2D eigenvalue weighted by Gasteiger charge is 2.34. The van der Waals surface area contributed by atoms with Crippen LogP contribution in [0.25, 0.3) is 0 Å². The fourth-order valence-corrected chi connectivity index (χ4v) is 3.70. The molecule has 0 bridgehead atoms. The van der Waals surface area contributed by atoms with Crippen molar-refractivity contribution in [3.8, 4) is 0 Å². The molecule has 148 valence electrons. The van der Waals surface area contributed by atoms with Crippen LogP contribution in [0.2, 0.25) is 0 Å². The Morgan fingerprint density at radius 1 is 0.964 bits per heavy atom. The molecule has 0 saturated heterocycles. The van der Waals surface area contributed by atoms with Crippen LogP contribution in [-0.2, 0) is 27.4 Å². The Morgan fingerprint density at radius 2 is 1.54 bits per heavy atom. The zero-order chi connectivity index (χ0) is 19.8. The largest absolute Gasteiger partial charge is 0.459 e. The average molecular weight is 380 g/mol. The molecule has 0 radical (unpaired) electrons. The molecule has 2 aromatic rings. The number of amides is 1. The molecule has 5 heteroatoms. The Hall–Kier alpha value is -2.66. The van der Waals surface area contributed by atoms with Gasteiger partial charge in [0.25, 0.3) is 0 Å². The van der Waals surface area contributed by atoms with Gasteiger partial charge in [0.05, 0.1) is 6.04 Å². The summed E-state index contributed by atoms with van der Waals surface area (Å²) in [6.07, 6.45) is 4.40. The number of rotatable bonds is 8. The summed E-state index contributed by atoms with van der Waals surface area (Å²) in [5, 5.41) is 2.88. The Labute approximate surface area is 166 Å². The summed E-state index contributed by atoms with van der Waals surface area (Å²) >= 11 is 0. The fraction of sp³-hybridized carbons (Fsp3) is 0.391. The first kappa shape index (κ1) is 20.1. The molecule has 1 amide bonds. The van der Waals surface area contributed by atoms with Gasteiger partial charge in [-0.2, -0.15) is 0 Å². The van der Waals surface area contributed by atoms with Crippen LogP contribution in [0.3, 0.4) is 0 Å². The quantitative estimate of drug-likeness (QED) is 0.690. The predicted octanol–water partition coefficient (Wildman–Crippen LogP) is 2.97. The lowest BCUT2D eigenvalue weighted by atomic mass is 9.97. The summed E-state index contributed by atoms with van der Waals surface area (Å²) < 4.78 is 5.51. The second-order valence-electron chi connectivity index (χ2n) is 7.42. The van der Waals surface area contributed by atoms with E-state index in [-0.39, 0.29) is 24.4 Å². The Bertz CT molecular complexity index is 758. The van der Waals surface area contributed by atoms with Gasteiger partial charge in [-0.25, -0.2) is 4.79 Å². The number of ether oxygens (including phenoxy) is 1. The van der Waals surface area contributed by atoms with E-state index in [9.17, 15) is 9.59 Å². The number of nitrogens with two attached hydrogens (primary N) is 1. The summed E-state index contributed by atoms with van der Waals surface area (Å²) in [4.78, 5) is 25.4. The number of esters is 1. The molecule has 0 aliphatic heterocycles. The number of hydrogen-bond acceptors (Lipinski definition) is 4. The molecular weight excluding hydrogens is 352 g/mol. The van der Waals surface area contributed by atoms with E-state index in [1.807, 2.05) is 60.7 Å². The molecular formula is C23H28N2O3. The average Bonchev–Trinajstić information content (AvgIpc) is 3.26. The van der Waals surface area contributed by atoms with E-state index in [4.69, 9.17) is 10.5 Å².